The average molecular weight is 383 g/mol. The molecule has 0 saturated carbocycles. The first-order valence-corrected chi connectivity index (χ1v) is 10.1. The van der Waals surface area contributed by atoms with Gasteiger partial charge < -0.3 is 14.8 Å². The second kappa shape index (κ2) is 7.91. The molecule has 9 heteroatoms. The summed E-state index contributed by atoms with van der Waals surface area (Å²) in [7, 11) is -0.755. The fraction of sp³-hybridized carbons (Fsp3) is 0.588. The van der Waals surface area contributed by atoms with E-state index in [1.54, 1.807) is 31.4 Å². The van der Waals surface area contributed by atoms with Crippen LogP contribution in [0.1, 0.15) is 30.9 Å². The summed E-state index contributed by atoms with van der Waals surface area (Å²) in [6, 6.07) is 5.91. The summed E-state index contributed by atoms with van der Waals surface area (Å²) in [4.78, 5) is 12.6. The van der Waals surface area contributed by atoms with E-state index >= 15 is 0 Å². The van der Waals surface area contributed by atoms with E-state index in [1.807, 2.05) is 0 Å². The lowest BCUT2D eigenvalue weighted by Crippen LogP contribution is -2.57. The Hall–Kier alpha value is -1.68. The predicted molar refractivity (Wildman–Crippen MR) is 95.9 cm³/mol. The van der Waals surface area contributed by atoms with Gasteiger partial charge in [0.1, 0.15) is 11.8 Å². The zero-order chi connectivity index (χ0) is 18.7. The Morgan fingerprint density at radius 3 is 2.73 bits per heavy atom. The van der Waals surface area contributed by atoms with Crippen molar-refractivity contribution in [2.24, 2.45) is 0 Å². The number of carbonyl (C=O) groups excluding carboxylic acids is 1. The molecule has 2 aliphatic heterocycles. The maximum Gasteiger partial charge on any atom is 0.280 e. The highest BCUT2D eigenvalue weighted by Crippen LogP contribution is 2.29. The number of methoxy groups -OCH3 is 1. The first-order valence-electron chi connectivity index (χ1n) is 8.69. The van der Waals surface area contributed by atoms with Gasteiger partial charge in [0.2, 0.25) is 5.91 Å². The Kier molecular flexibility index (Phi) is 5.81. The second-order valence-corrected chi connectivity index (χ2v) is 8.36. The summed E-state index contributed by atoms with van der Waals surface area (Å²) < 4.78 is 39.3. The third kappa shape index (κ3) is 4.17. The summed E-state index contributed by atoms with van der Waals surface area (Å²) in [5, 5.41) is 2.83. The normalized spacial score (nSPS) is 28.6. The van der Waals surface area contributed by atoms with Crippen LogP contribution in [0.5, 0.6) is 5.75 Å². The average Bonchev–Trinajstić information content (AvgIpc) is 3.15. The highest BCUT2D eigenvalue weighted by atomic mass is 32.2. The smallest absolute Gasteiger partial charge is 0.280 e. The molecule has 0 spiro atoms. The van der Waals surface area contributed by atoms with Crippen molar-refractivity contribution < 1.29 is 22.7 Å². The second-order valence-electron chi connectivity index (χ2n) is 6.60. The van der Waals surface area contributed by atoms with Gasteiger partial charge in [0.25, 0.3) is 10.2 Å². The van der Waals surface area contributed by atoms with E-state index in [2.05, 4.69) is 10.0 Å². The number of benzene rings is 1. The van der Waals surface area contributed by atoms with Crippen LogP contribution in [-0.4, -0.2) is 58.1 Å². The zero-order valence-electron chi connectivity index (χ0n) is 15.0. The number of hydrogen-bond donors (Lipinski definition) is 2. The molecule has 8 nitrogen and oxygen atoms in total. The first-order chi connectivity index (χ1) is 12.4. The molecular weight excluding hydrogens is 358 g/mol. The summed E-state index contributed by atoms with van der Waals surface area (Å²) in [5.74, 6) is 0.391. The standard InChI is InChI=1S/C17H25N3O5S/c1-20-16(17(21)18-11-14-4-3-9-25-14)10-15(19-26(20,22)23)12-5-7-13(24-2)8-6-12/h5-8,14-16,19H,3-4,9-11H2,1-2H3,(H,18,21)/t14-,15-,16-/m0/s1. The molecule has 144 valence electrons. The number of likely N-dealkylation sites (N-methyl/N-ethyl adjacent to an activating group) is 1. The van der Waals surface area contributed by atoms with Crippen LogP contribution < -0.4 is 14.8 Å². The number of ether oxygens (including phenoxy) is 2. The summed E-state index contributed by atoms with van der Waals surface area (Å²) in [5.41, 5.74) is 0.791. The van der Waals surface area contributed by atoms with Gasteiger partial charge >= 0.3 is 0 Å². The van der Waals surface area contributed by atoms with Crippen molar-refractivity contribution in [1.29, 1.82) is 0 Å². The largest absolute Gasteiger partial charge is 0.497 e. The number of hydrogen-bond acceptors (Lipinski definition) is 5. The van der Waals surface area contributed by atoms with Crippen LogP contribution in [0.2, 0.25) is 0 Å². The van der Waals surface area contributed by atoms with Gasteiger partial charge in [-0.15, -0.1) is 0 Å². The topological polar surface area (TPSA) is 97.0 Å². The van der Waals surface area contributed by atoms with Gasteiger partial charge in [-0.1, -0.05) is 12.1 Å². The molecule has 2 fully saturated rings. The van der Waals surface area contributed by atoms with Crippen molar-refractivity contribution in [3.63, 3.8) is 0 Å². The molecule has 1 aromatic carbocycles. The van der Waals surface area contributed by atoms with Gasteiger partial charge in [0, 0.05) is 26.2 Å². The zero-order valence-corrected chi connectivity index (χ0v) is 15.8. The van der Waals surface area contributed by atoms with Gasteiger partial charge in [-0.05, 0) is 37.0 Å². The van der Waals surface area contributed by atoms with E-state index in [4.69, 9.17) is 9.47 Å². The van der Waals surface area contributed by atoms with E-state index < -0.39 is 22.3 Å². The van der Waals surface area contributed by atoms with Crippen molar-refractivity contribution in [2.75, 3.05) is 27.3 Å². The molecule has 0 bridgehead atoms. The summed E-state index contributed by atoms with van der Waals surface area (Å²) in [6.45, 7) is 1.12. The van der Waals surface area contributed by atoms with E-state index in [0.29, 0.717) is 25.3 Å². The van der Waals surface area contributed by atoms with Crippen LogP contribution in [0.3, 0.4) is 0 Å². The third-order valence-corrected chi connectivity index (χ3v) is 6.51. The molecule has 0 unspecified atom stereocenters. The van der Waals surface area contributed by atoms with Crippen molar-refractivity contribution in [3.05, 3.63) is 29.8 Å². The monoisotopic (exact) mass is 383 g/mol. The van der Waals surface area contributed by atoms with E-state index in [1.165, 1.54) is 7.05 Å². The van der Waals surface area contributed by atoms with Crippen molar-refractivity contribution in [1.82, 2.24) is 14.3 Å². The third-order valence-electron chi connectivity index (χ3n) is 4.92. The lowest BCUT2D eigenvalue weighted by atomic mass is 9.99. The van der Waals surface area contributed by atoms with Crippen molar-refractivity contribution >= 4 is 16.1 Å². The van der Waals surface area contributed by atoms with Gasteiger partial charge in [-0.2, -0.15) is 17.4 Å². The molecule has 2 aliphatic rings. The molecule has 0 aromatic heterocycles. The maximum absolute atomic E-state index is 12.6. The quantitative estimate of drug-likeness (QED) is 0.775. The van der Waals surface area contributed by atoms with Gasteiger partial charge in [0.15, 0.2) is 0 Å². The Labute approximate surface area is 154 Å². The molecule has 0 aliphatic carbocycles. The Morgan fingerprint density at radius 2 is 2.12 bits per heavy atom. The molecule has 3 rings (SSSR count). The summed E-state index contributed by atoms with van der Waals surface area (Å²) in [6.07, 6.45) is 2.26. The van der Waals surface area contributed by atoms with Crippen molar-refractivity contribution in [3.8, 4) is 5.75 Å². The highest BCUT2D eigenvalue weighted by molar-refractivity contribution is 7.87. The molecule has 2 heterocycles. The van der Waals surface area contributed by atoms with E-state index in [-0.39, 0.29) is 12.0 Å². The number of carbonyl (C=O) groups is 1. The summed E-state index contributed by atoms with van der Waals surface area (Å²) >= 11 is 0. The minimum Gasteiger partial charge on any atom is -0.497 e. The van der Waals surface area contributed by atoms with Gasteiger partial charge in [-0.3, -0.25) is 4.79 Å². The minimum atomic E-state index is -3.75. The number of nitrogens with one attached hydrogen (secondary N) is 2. The SMILES string of the molecule is COc1ccc([C@@H]2C[C@@H](C(=O)NC[C@@H]3CCCO3)N(C)S(=O)(=O)N2)cc1. The van der Waals surface area contributed by atoms with Crippen LogP contribution in [-0.2, 0) is 19.7 Å². The van der Waals surface area contributed by atoms with Crippen LogP contribution >= 0.6 is 0 Å². The number of nitrogens with zero attached hydrogens (tertiary/aromatic N) is 1. The fourth-order valence-electron chi connectivity index (χ4n) is 3.30. The van der Waals surface area contributed by atoms with Crippen LogP contribution in [0.25, 0.3) is 0 Å². The molecule has 0 radical (unpaired) electrons. The number of amides is 1. The van der Waals surface area contributed by atoms with Crippen molar-refractivity contribution in [2.45, 2.75) is 37.5 Å². The maximum atomic E-state index is 12.6. The molecule has 1 aromatic rings. The molecular formula is C17H25N3O5S. The van der Waals surface area contributed by atoms with E-state index in [9.17, 15) is 13.2 Å². The lowest BCUT2D eigenvalue weighted by Gasteiger charge is -2.36. The first kappa shape index (κ1) is 19.1. The van der Waals surface area contributed by atoms with Gasteiger partial charge in [0.05, 0.1) is 13.2 Å². The molecule has 2 N–H and O–H groups in total. The lowest BCUT2D eigenvalue weighted by molar-refractivity contribution is -0.125. The van der Waals surface area contributed by atoms with Crippen LogP contribution in [0.15, 0.2) is 24.3 Å². The highest BCUT2D eigenvalue weighted by Gasteiger charge is 2.40. The Morgan fingerprint density at radius 1 is 1.38 bits per heavy atom. The number of rotatable bonds is 5. The fourth-order valence-corrected chi connectivity index (χ4v) is 4.58. The van der Waals surface area contributed by atoms with Gasteiger partial charge in [-0.25, -0.2) is 0 Å². The van der Waals surface area contributed by atoms with E-state index in [0.717, 1.165) is 22.7 Å². The molecule has 1 amide bonds. The van der Waals surface area contributed by atoms with Crippen LogP contribution in [0.4, 0.5) is 0 Å². The predicted octanol–water partition coefficient (Wildman–Crippen LogP) is 0.570. The Bertz CT molecular complexity index is 731. The van der Waals surface area contributed by atoms with Crippen LogP contribution in [0, 0.1) is 0 Å². The molecule has 2 saturated heterocycles. The minimum absolute atomic E-state index is 0.0139. The Balaban J connectivity index is 1.71. The molecule has 3 atom stereocenters. The molecule has 26 heavy (non-hydrogen) atoms.